The van der Waals surface area contributed by atoms with Crippen LogP contribution in [-0.4, -0.2) is 40.1 Å². The van der Waals surface area contributed by atoms with Crippen LogP contribution in [0.4, 0.5) is 0 Å². The first-order valence-corrected chi connectivity index (χ1v) is 10.0. The summed E-state index contributed by atoms with van der Waals surface area (Å²) in [6.45, 7) is 6.85. The number of fused-ring (bicyclic) bond motifs is 1. The minimum Gasteiger partial charge on any atom is -0.474 e. The molecule has 146 valence electrons. The number of halogens is 1. The lowest BCUT2D eigenvalue weighted by molar-refractivity contribution is -0.128. The van der Waals surface area contributed by atoms with Crippen molar-refractivity contribution in [1.29, 1.82) is 0 Å². The number of likely N-dealkylation sites (tertiary alicyclic amines) is 1. The zero-order valence-corrected chi connectivity index (χ0v) is 17.0. The van der Waals surface area contributed by atoms with Gasteiger partial charge in [-0.1, -0.05) is 23.7 Å². The molecule has 1 fully saturated rings. The Balaban J connectivity index is 1.62. The molecular weight excluding hydrogens is 374 g/mol. The van der Waals surface area contributed by atoms with Crippen molar-refractivity contribution in [1.82, 2.24) is 14.5 Å². The maximum Gasteiger partial charge on any atom is 0.238 e. The molecule has 0 saturated carbocycles. The van der Waals surface area contributed by atoms with E-state index in [4.69, 9.17) is 16.3 Å². The summed E-state index contributed by atoms with van der Waals surface area (Å²) in [5, 5.41) is 1.88. The largest absolute Gasteiger partial charge is 0.474 e. The van der Waals surface area contributed by atoms with Gasteiger partial charge < -0.3 is 14.2 Å². The third-order valence-electron chi connectivity index (χ3n) is 5.54. The second-order valence-corrected chi connectivity index (χ2v) is 7.70. The Morgan fingerprint density at radius 2 is 1.96 bits per heavy atom. The lowest BCUT2D eigenvalue weighted by Crippen LogP contribution is -2.29. The van der Waals surface area contributed by atoms with Gasteiger partial charge in [-0.05, 0) is 49.6 Å². The lowest BCUT2D eigenvalue weighted by Gasteiger charge is -2.16. The highest BCUT2D eigenvalue weighted by Gasteiger charge is 2.21. The second-order valence-electron chi connectivity index (χ2n) is 7.27. The molecule has 0 radical (unpaired) electrons. The fourth-order valence-corrected chi connectivity index (χ4v) is 3.96. The summed E-state index contributed by atoms with van der Waals surface area (Å²) in [5.74, 6) is 0.835. The van der Waals surface area contributed by atoms with Gasteiger partial charge in [0.15, 0.2) is 0 Å². The van der Waals surface area contributed by atoms with Crippen LogP contribution in [0.25, 0.3) is 10.9 Å². The molecule has 1 aliphatic rings. The quantitative estimate of drug-likeness (QED) is 0.621. The van der Waals surface area contributed by atoms with E-state index in [1.165, 1.54) is 16.8 Å². The van der Waals surface area contributed by atoms with E-state index in [1.807, 2.05) is 35.2 Å². The van der Waals surface area contributed by atoms with Crippen molar-refractivity contribution in [2.24, 2.45) is 0 Å². The highest BCUT2D eigenvalue weighted by molar-refractivity contribution is 6.30. The average molecular weight is 398 g/mol. The maximum absolute atomic E-state index is 11.8. The van der Waals surface area contributed by atoms with Crippen LogP contribution >= 0.6 is 11.6 Å². The van der Waals surface area contributed by atoms with E-state index in [-0.39, 0.29) is 5.91 Å². The van der Waals surface area contributed by atoms with Crippen molar-refractivity contribution in [3.63, 3.8) is 0 Å². The number of carbonyl (C=O) groups excluding carboxylic acids is 1. The second kappa shape index (κ2) is 7.84. The van der Waals surface area contributed by atoms with Crippen molar-refractivity contribution in [3.8, 4) is 5.88 Å². The Kier molecular flexibility index (Phi) is 5.27. The van der Waals surface area contributed by atoms with Crippen molar-refractivity contribution >= 4 is 28.4 Å². The van der Waals surface area contributed by atoms with Gasteiger partial charge in [0.05, 0.1) is 6.54 Å². The highest BCUT2D eigenvalue weighted by Crippen LogP contribution is 2.31. The van der Waals surface area contributed by atoms with Crippen LogP contribution < -0.4 is 4.74 Å². The summed E-state index contributed by atoms with van der Waals surface area (Å²) in [4.78, 5) is 18.2. The molecule has 0 bridgehead atoms. The van der Waals surface area contributed by atoms with Crippen molar-refractivity contribution in [2.45, 2.75) is 33.2 Å². The normalized spacial score (nSPS) is 14.2. The predicted molar refractivity (Wildman–Crippen MR) is 111 cm³/mol. The van der Waals surface area contributed by atoms with E-state index in [2.05, 4.69) is 23.4 Å². The van der Waals surface area contributed by atoms with Gasteiger partial charge in [0.2, 0.25) is 11.8 Å². The van der Waals surface area contributed by atoms with E-state index < -0.39 is 0 Å². The molecule has 1 aliphatic heterocycles. The van der Waals surface area contributed by atoms with Crippen molar-refractivity contribution in [3.05, 3.63) is 58.4 Å². The van der Waals surface area contributed by atoms with Crippen LogP contribution in [0.5, 0.6) is 5.88 Å². The van der Waals surface area contributed by atoms with E-state index in [0.717, 1.165) is 35.4 Å². The van der Waals surface area contributed by atoms with E-state index in [0.29, 0.717) is 25.5 Å². The van der Waals surface area contributed by atoms with Gasteiger partial charge in [-0.3, -0.25) is 4.79 Å². The highest BCUT2D eigenvalue weighted by atomic mass is 35.5. The van der Waals surface area contributed by atoms with Crippen LogP contribution in [0.15, 0.2) is 36.5 Å². The predicted octanol–water partition coefficient (Wildman–Crippen LogP) is 4.36. The number of ether oxygens (including phenoxy) is 1. The number of benzene rings is 1. The van der Waals surface area contributed by atoms with Crippen LogP contribution in [0.2, 0.25) is 5.02 Å². The first-order chi connectivity index (χ1) is 13.5. The number of hydrogen-bond donors (Lipinski definition) is 0. The number of nitrogens with zero attached hydrogens (tertiary/aromatic N) is 3. The summed E-state index contributed by atoms with van der Waals surface area (Å²) < 4.78 is 8.30. The average Bonchev–Trinajstić information content (AvgIpc) is 3.21. The Morgan fingerprint density at radius 1 is 1.18 bits per heavy atom. The van der Waals surface area contributed by atoms with Gasteiger partial charge in [0.1, 0.15) is 12.1 Å². The fourth-order valence-electron chi connectivity index (χ4n) is 3.83. The first kappa shape index (κ1) is 18.8. The fraction of sp³-hybridized carbons (Fsp3) is 0.364. The van der Waals surface area contributed by atoms with Crippen LogP contribution in [0.1, 0.15) is 29.7 Å². The Bertz CT molecular complexity index is 1010. The SMILES string of the molecule is Cc1c(C)n(Cc2ccc(Cl)cc2)c2c(OCCN3CCCC3=O)nccc12. The van der Waals surface area contributed by atoms with Gasteiger partial charge in [-0.2, -0.15) is 0 Å². The first-order valence-electron chi connectivity index (χ1n) is 9.64. The molecule has 5 nitrogen and oxygen atoms in total. The van der Waals surface area contributed by atoms with E-state index in [9.17, 15) is 4.79 Å². The molecule has 4 rings (SSSR count). The molecule has 3 heterocycles. The topological polar surface area (TPSA) is 47.4 Å². The molecule has 1 aromatic carbocycles. The molecule has 0 N–H and O–H groups in total. The number of aryl methyl sites for hydroxylation is 1. The molecule has 0 spiro atoms. The van der Waals surface area contributed by atoms with Gasteiger partial charge >= 0.3 is 0 Å². The third-order valence-corrected chi connectivity index (χ3v) is 5.79. The Morgan fingerprint density at radius 3 is 2.68 bits per heavy atom. The molecule has 0 atom stereocenters. The standard InChI is InChI=1S/C22H24ClN3O2/c1-15-16(2)26(14-17-5-7-18(23)8-6-17)21-19(15)9-10-24-22(21)28-13-12-25-11-3-4-20(25)27/h5-10H,3-4,11-14H2,1-2H3. The molecular formula is C22H24ClN3O2. The van der Waals surface area contributed by atoms with E-state index >= 15 is 0 Å². The minimum atomic E-state index is 0.215. The summed E-state index contributed by atoms with van der Waals surface area (Å²) in [6, 6.07) is 9.94. The minimum absolute atomic E-state index is 0.215. The van der Waals surface area contributed by atoms with Gasteiger partial charge in [-0.25, -0.2) is 4.98 Å². The molecule has 1 saturated heterocycles. The van der Waals surface area contributed by atoms with Crippen LogP contribution in [0.3, 0.4) is 0 Å². The molecule has 28 heavy (non-hydrogen) atoms. The zero-order chi connectivity index (χ0) is 19.7. The smallest absolute Gasteiger partial charge is 0.238 e. The number of rotatable bonds is 6. The molecule has 1 amide bonds. The number of amides is 1. The number of aromatic nitrogens is 2. The Hall–Kier alpha value is -2.53. The third kappa shape index (κ3) is 3.59. The molecule has 0 unspecified atom stereocenters. The molecule has 6 heteroatoms. The van der Waals surface area contributed by atoms with Gasteiger partial charge in [0, 0.05) is 41.8 Å². The van der Waals surface area contributed by atoms with Crippen LogP contribution in [0, 0.1) is 13.8 Å². The summed E-state index contributed by atoms with van der Waals surface area (Å²) in [5.41, 5.74) is 4.59. The summed E-state index contributed by atoms with van der Waals surface area (Å²) in [6.07, 6.45) is 3.38. The lowest BCUT2D eigenvalue weighted by atomic mass is 10.2. The van der Waals surface area contributed by atoms with E-state index in [1.54, 1.807) is 6.20 Å². The maximum atomic E-state index is 11.8. The van der Waals surface area contributed by atoms with Crippen LogP contribution in [-0.2, 0) is 11.3 Å². The number of hydrogen-bond acceptors (Lipinski definition) is 3. The monoisotopic (exact) mass is 397 g/mol. The molecule has 2 aromatic heterocycles. The van der Waals surface area contributed by atoms with Gasteiger partial charge in [0.25, 0.3) is 0 Å². The summed E-state index contributed by atoms with van der Waals surface area (Å²) in [7, 11) is 0. The van der Waals surface area contributed by atoms with Crippen molar-refractivity contribution in [2.75, 3.05) is 19.7 Å². The number of carbonyl (C=O) groups is 1. The molecule has 3 aromatic rings. The molecule has 0 aliphatic carbocycles. The number of pyridine rings is 1. The Labute approximate surface area is 169 Å². The van der Waals surface area contributed by atoms with Crippen molar-refractivity contribution < 1.29 is 9.53 Å². The zero-order valence-electron chi connectivity index (χ0n) is 16.2. The summed E-state index contributed by atoms with van der Waals surface area (Å²) >= 11 is 6.03. The van der Waals surface area contributed by atoms with Gasteiger partial charge in [-0.15, -0.1) is 0 Å².